The topological polar surface area (TPSA) is 127 Å². The van der Waals surface area contributed by atoms with Crippen molar-refractivity contribution in [3.05, 3.63) is 54.8 Å². The highest BCUT2D eigenvalue weighted by atomic mass is 32.5. The smallest absolute Gasteiger partial charge is 0.323 e. The molecule has 2 heterocycles. The van der Waals surface area contributed by atoms with Gasteiger partial charge in [0, 0.05) is 6.20 Å². The van der Waals surface area contributed by atoms with E-state index in [1.807, 2.05) is 6.07 Å². The van der Waals surface area contributed by atoms with Crippen LogP contribution in [0.1, 0.15) is 34.1 Å². The predicted molar refractivity (Wildman–Crippen MR) is 136 cm³/mol. The molecule has 0 aromatic heterocycles. The Balaban J connectivity index is 1.76. The largest absolute Gasteiger partial charge is 0.462 e. The lowest BCUT2D eigenvalue weighted by molar-refractivity contribution is -0.156. The number of amides is 1. The zero-order chi connectivity index (χ0) is 26.7. The van der Waals surface area contributed by atoms with Gasteiger partial charge in [-0.3, -0.25) is 14.5 Å². The molecule has 198 valence electrons. The van der Waals surface area contributed by atoms with Crippen molar-refractivity contribution in [2.75, 3.05) is 6.61 Å². The SMILES string of the molecule is C=C1C=CN([C@@H]2O[C@H](CO[P@@](=S)(N[C@@H](C)C(=O)OC(C)C)Oc3ccccc3)[C@@H](O)[C@@]2(C)O)C(=O)C1. The van der Waals surface area contributed by atoms with Crippen molar-refractivity contribution in [1.29, 1.82) is 0 Å². The summed E-state index contributed by atoms with van der Waals surface area (Å²) in [4.78, 5) is 26.1. The molecule has 0 saturated carbocycles. The van der Waals surface area contributed by atoms with Crippen LogP contribution in [0.15, 0.2) is 54.8 Å². The Bertz CT molecular complexity index is 1050. The highest BCUT2D eigenvalue weighted by Crippen LogP contribution is 2.46. The highest BCUT2D eigenvalue weighted by molar-refractivity contribution is 8.09. The summed E-state index contributed by atoms with van der Waals surface area (Å²) < 4.78 is 23.0. The number of benzene rings is 1. The summed E-state index contributed by atoms with van der Waals surface area (Å²) in [5.74, 6) is -0.436. The Morgan fingerprint density at radius 3 is 2.64 bits per heavy atom. The first kappa shape index (κ1) is 28.5. The van der Waals surface area contributed by atoms with E-state index in [1.165, 1.54) is 18.0 Å². The van der Waals surface area contributed by atoms with Crippen LogP contribution >= 0.6 is 6.64 Å². The standard InChI is InChI=1S/C24H33N2O8PS/c1-15(2)32-22(29)17(4)25-35(36,34-18-9-7-6-8-10-18)31-14-19-21(28)24(5,30)23(33-19)26-12-11-16(3)13-20(26)27/h6-12,15,17,19,21,23,28,30H,3,13-14H2,1-2,4-5H3,(H,25,36)/t17-,19+,21+,23+,24+,35-/m0/s1. The first-order chi connectivity index (χ1) is 16.8. The molecule has 36 heavy (non-hydrogen) atoms. The Hall–Kier alpha value is -2.11. The van der Waals surface area contributed by atoms with E-state index in [9.17, 15) is 19.8 Å². The maximum atomic E-state index is 12.5. The number of nitrogens with one attached hydrogen (secondary N) is 1. The van der Waals surface area contributed by atoms with E-state index in [2.05, 4.69) is 11.7 Å². The quantitative estimate of drug-likeness (QED) is 0.301. The number of aliphatic hydroxyl groups is 2. The molecule has 0 bridgehead atoms. The molecule has 0 spiro atoms. The lowest BCUT2D eigenvalue weighted by atomic mass is 9.95. The van der Waals surface area contributed by atoms with E-state index in [-0.39, 0.29) is 25.0 Å². The van der Waals surface area contributed by atoms with Crippen LogP contribution in [0.25, 0.3) is 0 Å². The first-order valence-corrected chi connectivity index (χ1v) is 14.2. The number of hydrogen-bond donors (Lipinski definition) is 3. The molecule has 0 radical (unpaired) electrons. The van der Waals surface area contributed by atoms with Crippen LogP contribution in [0, 0.1) is 0 Å². The van der Waals surface area contributed by atoms with E-state index in [0.717, 1.165) is 0 Å². The molecular weight excluding hydrogens is 507 g/mol. The molecule has 1 aromatic rings. The number of allylic oxidation sites excluding steroid dienone is 1. The fourth-order valence-electron chi connectivity index (χ4n) is 3.71. The molecule has 12 heteroatoms. The van der Waals surface area contributed by atoms with E-state index in [0.29, 0.717) is 11.3 Å². The van der Waals surface area contributed by atoms with Gasteiger partial charge in [0.05, 0.1) is 19.1 Å². The van der Waals surface area contributed by atoms with Crippen molar-refractivity contribution in [3.63, 3.8) is 0 Å². The monoisotopic (exact) mass is 540 g/mol. The molecule has 6 atom stereocenters. The van der Waals surface area contributed by atoms with Gasteiger partial charge in [-0.25, -0.2) is 5.09 Å². The van der Waals surface area contributed by atoms with Crippen molar-refractivity contribution in [1.82, 2.24) is 9.99 Å². The number of aliphatic hydroxyl groups excluding tert-OH is 1. The van der Waals surface area contributed by atoms with Gasteiger partial charge in [-0.05, 0) is 63.3 Å². The number of nitrogens with zero attached hydrogens (tertiary/aromatic N) is 1. The fraction of sp³-hybridized carbons (Fsp3) is 0.500. The van der Waals surface area contributed by atoms with Crippen LogP contribution < -0.4 is 9.61 Å². The predicted octanol–water partition coefficient (Wildman–Crippen LogP) is 2.38. The number of rotatable bonds is 10. The van der Waals surface area contributed by atoms with E-state index < -0.39 is 42.7 Å². The molecule has 0 aliphatic carbocycles. The highest BCUT2D eigenvalue weighted by Gasteiger charge is 2.55. The third kappa shape index (κ3) is 6.80. The van der Waals surface area contributed by atoms with Crippen molar-refractivity contribution in [3.8, 4) is 5.75 Å². The maximum Gasteiger partial charge on any atom is 0.323 e. The van der Waals surface area contributed by atoms with Crippen LogP contribution in [0.5, 0.6) is 5.75 Å². The molecule has 1 amide bonds. The zero-order valence-electron chi connectivity index (χ0n) is 20.7. The molecule has 1 fully saturated rings. The van der Waals surface area contributed by atoms with Gasteiger partial charge < -0.3 is 28.7 Å². The molecule has 1 saturated heterocycles. The van der Waals surface area contributed by atoms with Crippen LogP contribution in [0.4, 0.5) is 0 Å². The molecule has 10 nitrogen and oxygen atoms in total. The number of carbonyl (C=O) groups excluding carboxylic acids is 2. The Morgan fingerprint density at radius 1 is 1.36 bits per heavy atom. The number of esters is 1. The second kappa shape index (κ2) is 11.5. The number of para-hydroxylation sites is 1. The minimum Gasteiger partial charge on any atom is -0.462 e. The summed E-state index contributed by atoms with van der Waals surface area (Å²) in [6, 6.07) is 7.85. The average molecular weight is 541 g/mol. The summed E-state index contributed by atoms with van der Waals surface area (Å²) in [6.07, 6.45) is -0.736. The molecule has 1 aromatic carbocycles. The van der Waals surface area contributed by atoms with Gasteiger partial charge >= 0.3 is 12.6 Å². The van der Waals surface area contributed by atoms with Crippen molar-refractivity contribution >= 4 is 30.3 Å². The third-order valence-electron chi connectivity index (χ3n) is 5.58. The second-order valence-corrected chi connectivity index (χ2v) is 12.3. The Kier molecular flexibility index (Phi) is 9.11. The lowest BCUT2D eigenvalue weighted by Crippen LogP contribution is -2.53. The van der Waals surface area contributed by atoms with Crippen LogP contribution in [0.2, 0.25) is 0 Å². The van der Waals surface area contributed by atoms with E-state index in [1.54, 1.807) is 51.1 Å². The molecule has 2 aliphatic heterocycles. The van der Waals surface area contributed by atoms with Gasteiger partial charge in [-0.1, -0.05) is 24.8 Å². The zero-order valence-corrected chi connectivity index (χ0v) is 22.4. The van der Waals surface area contributed by atoms with E-state index >= 15 is 0 Å². The van der Waals surface area contributed by atoms with Crippen molar-refractivity contribution < 1.29 is 38.3 Å². The summed E-state index contributed by atoms with van der Waals surface area (Å²) >= 11 is 5.67. The fourth-order valence-corrected chi connectivity index (χ4v) is 6.12. The second-order valence-electron chi connectivity index (χ2n) is 9.18. The number of hydrogen-bond acceptors (Lipinski definition) is 9. The molecule has 2 aliphatic rings. The van der Waals surface area contributed by atoms with Gasteiger partial charge in [0.1, 0.15) is 29.6 Å². The van der Waals surface area contributed by atoms with Gasteiger partial charge in [0.2, 0.25) is 5.91 Å². The lowest BCUT2D eigenvalue weighted by Gasteiger charge is -2.35. The molecule has 0 unspecified atom stereocenters. The maximum absolute atomic E-state index is 12.5. The van der Waals surface area contributed by atoms with Crippen LogP contribution in [-0.2, 0) is 35.4 Å². The minimum absolute atomic E-state index is 0.0731. The normalized spacial score (nSPS) is 28.8. The van der Waals surface area contributed by atoms with Crippen LogP contribution in [-0.4, -0.2) is 69.8 Å². The number of ether oxygens (including phenoxy) is 2. The molecule has 3 rings (SSSR count). The summed E-state index contributed by atoms with van der Waals surface area (Å²) in [5, 5.41) is 24.7. The van der Waals surface area contributed by atoms with E-state index in [4.69, 9.17) is 30.3 Å². The van der Waals surface area contributed by atoms with Crippen molar-refractivity contribution in [2.45, 2.75) is 70.3 Å². The average Bonchev–Trinajstić information content (AvgIpc) is 3.01. The third-order valence-corrected chi connectivity index (χ3v) is 8.08. The van der Waals surface area contributed by atoms with Crippen molar-refractivity contribution in [2.24, 2.45) is 0 Å². The minimum atomic E-state index is -3.38. The molecule has 3 N–H and O–H groups in total. The summed E-state index contributed by atoms with van der Waals surface area (Å²) in [7, 11) is 0. The van der Waals surface area contributed by atoms with Gasteiger partial charge in [0.25, 0.3) is 0 Å². The first-order valence-electron chi connectivity index (χ1n) is 11.5. The van der Waals surface area contributed by atoms with Gasteiger partial charge in [0.15, 0.2) is 6.23 Å². The van der Waals surface area contributed by atoms with Crippen LogP contribution in [0.3, 0.4) is 0 Å². The van der Waals surface area contributed by atoms with Gasteiger partial charge in [-0.2, -0.15) is 0 Å². The Morgan fingerprint density at radius 2 is 2.03 bits per heavy atom. The molecular formula is C24H33N2O8PS. The summed E-state index contributed by atoms with van der Waals surface area (Å²) in [5.41, 5.74) is -1.17. The van der Waals surface area contributed by atoms with Gasteiger partial charge in [-0.15, -0.1) is 0 Å². The Labute approximate surface area is 216 Å². The number of carbonyl (C=O) groups is 2. The summed E-state index contributed by atoms with van der Waals surface area (Å²) in [6.45, 7) is 6.52.